The second-order valence-electron chi connectivity index (χ2n) is 7.79. The quantitative estimate of drug-likeness (QED) is 0.255. The molecule has 5 heteroatoms. The summed E-state index contributed by atoms with van der Waals surface area (Å²) in [7, 11) is 0. The molecule has 0 fully saturated rings. The SMILES string of the molecule is Fc1ccc(-c2ccc3cc(-c4ccc(-c5ccc(C(F)(F)F)cc5)nc4)ccc3c2)cc1. The number of fused-ring (bicyclic) bond motifs is 1. The summed E-state index contributed by atoms with van der Waals surface area (Å²) in [6.07, 6.45) is -2.63. The molecular weight excluding hydrogens is 426 g/mol. The smallest absolute Gasteiger partial charge is 0.256 e. The third-order valence-corrected chi connectivity index (χ3v) is 5.62. The van der Waals surface area contributed by atoms with Crippen molar-refractivity contribution in [3.05, 3.63) is 115 Å². The molecule has 5 rings (SSSR count). The van der Waals surface area contributed by atoms with Crippen LogP contribution >= 0.6 is 0 Å². The number of hydrogen-bond donors (Lipinski definition) is 0. The van der Waals surface area contributed by atoms with Crippen LogP contribution in [-0.2, 0) is 6.18 Å². The molecule has 162 valence electrons. The Morgan fingerprint density at radius 3 is 1.58 bits per heavy atom. The number of aromatic nitrogens is 1. The maximum Gasteiger partial charge on any atom is 0.416 e. The molecule has 1 aromatic heterocycles. The van der Waals surface area contributed by atoms with Crippen LogP contribution in [-0.4, -0.2) is 4.98 Å². The first-order chi connectivity index (χ1) is 15.9. The van der Waals surface area contributed by atoms with Crippen LogP contribution < -0.4 is 0 Å². The van der Waals surface area contributed by atoms with Gasteiger partial charge < -0.3 is 0 Å². The van der Waals surface area contributed by atoms with Gasteiger partial charge in [-0.2, -0.15) is 13.2 Å². The van der Waals surface area contributed by atoms with E-state index in [1.165, 1.54) is 24.3 Å². The van der Waals surface area contributed by atoms with Crippen LogP contribution in [0.25, 0.3) is 44.3 Å². The van der Waals surface area contributed by atoms with Crippen LogP contribution in [0.3, 0.4) is 0 Å². The molecular formula is C28H17F4N. The van der Waals surface area contributed by atoms with E-state index in [1.54, 1.807) is 24.4 Å². The van der Waals surface area contributed by atoms with E-state index in [9.17, 15) is 17.6 Å². The Kier molecular flexibility index (Phi) is 5.17. The van der Waals surface area contributed by atoms with E-state index >= 15 is 0 Å². The van der Waals surface area contributed by atoms with E-state index < -0.39 is 11.7 Å². The first kappa shape index (κ1) is 20.9. The van der Waals surface area contributed by atoms with Gasteiger partial charge in [0.1, 0.15) is 5.82 Å². The second kappa shape index (κ2) is 8.17. The number of rotatable bonds is 3. The Hall–Kier alpha value is -3.99. The van der Waals surface area contributed by atoms with E-state index in [0.29, 0.717) is 11.3 Å². The number of halogens is 4. The third-order valence-electron chi connectivity index (χ3n) is 5.62. The maximum absolute atomic E-state index is 13.2. The topological polar surface area (TPSA) is 12.9 Å². The van der Waals surface area contributed by atoms with Gasteiger partial charge in [-0.1, -0.05) is 54.6 Å². The van der Waals surface area contributed by atoms with Crippen LogP contribution in [0.1, 0.15) is 5.56 Å². The molecule has 0 saturated heterocycles. The van der Waals surface area contributed by atoms with E-state index in [0.717, 1.165) is 45.2 Å². The van der Waals surface area contributed by atoms with Crippen molar-refractivity contribution in [2.24, 2.45) is 0 Å². The van der Waals surface area contributed by atoms with Crippen LogP contribution in [0.4, 0.5) is 17.6 Å². The third kappa shape index (κ3) is 4.35. The standard InChI is InChI=1S/C28H17F4N/c29-26-12-7-18(8-13-26)20-1-2-22-16-23(4-3-21(22)15-20)24-9-14-27(33-17-24)19-5-10-25(11-6-19)28(30,31)32/h1-17H. The van der Waals surface area contributed by atoms with Crippen molar-refractivity contribution < 1.29 is 17.6 Å². The summed E-state index contributed by atoms with van der Waals surface area (Å²) >= 11 is 0. The van der Waals surface area contributed by atoms with Gasteiger partial charge in [-0.3, -0.25) is 4.98 Å². The molecule has 0 radical (unpaired) electrons. The van der Waals surface area contributed by atoms with Crippen molar-refractivity contribution in [1.29, 1.82) is 0 Å². The fourth-order valence-electron chi connectivity index (χ4n) is 3.81. The lowest BCUT2D eigenvalue weighted by Gasteiger charge is -2.09. The monoisotopic (exact) mass is 443 g/mol. The van der Waals surface area contributed by atoms with Gasteiger partial charge in [0.2, 0.25) is 0 Å². The maximum atomic E-state index is 13.2. The van der Waals surface area contributed by atoms with Crippen molar-refractivity contribution >= 4 is 10.8 Å². The van der Waals surface area contributed by atoms with Crippen molar-refractivity contribution in [2.75, 3.05) is 0 Å². The van der Waals surface area contributed by atoms with Crippen molar-refractivity contribution in [3.63, 3.8) is 0 Å². The van der Waals surface area contributed by atoms with Crippen molar-refractivity contribution in [2.45, 2.75) is 6.18 Å². The lowest BCUT2D eigenvalue weighted by molar-refractivity contribution is -0.137. The summed E-state index contributed by atoms with van der Waals surface area (Å²) in [6, 6.07) is 27.3. The number of pyridine rings is 1. The highest BCUT2D eigenvalue weighted by Crippen LogP contribution is 2.32. The summed E-state index contributed by atoms with van der Waals surface area (Å²) in [6.45, 7) is 0. The molecule has 0 atom stereocenters. The zero-order valence-corrected chi connectivity index (χ0v) is 17.3. The van der Waals surface area contributed by atoms with Gasteiger partial charge >= 0.3 is 6.18 Å². The fourth-order valence-corrected chi connectivity index (χ4v) is 3.81. The van der Waals surface area contributed by atoms with Gasteiger partial charge in [-0.05, 0) is 69.9 Å². The average molecular weight is 443 g/mol. The largest absolute Gasteiger partial charge is 0.416 e. The van der Waals surface area contributed by atoms with Gasteiger partial charge in [0.15, 0.2) is 0 Å². The predicted molar refractivity (Wildman–Crippen MR) is 123 cm³/mol. The Morgan fingerprint density at radius 2 is 1.03 bits per heavy atom. The van der Waals surface area contributed by atoms with E-state index in [1.807, 2.05) is 30.3 Å². The lowest BCUT2D eigenvalue weighted by Crippen LogP contribution is -2.04. The first-order valence-corrected chi connectivity index (χ1v) is 10.3. The summed E-state index contributed by atoms with van der Waals surface area (Å²) in [5.74, 6) is -0.262. The zero-order valence-electron chi connectivity index (χ0n) is 17.3. The van der Waals surface area contributed by atoms with Gasteiger partial charge in [0, 0.05) is 17.3 Å². The highest BCUT2D eigenvalue weighted by atomic mass is 19.4. The fraction of sp³-hybridized carbons (Fsp3) is 0.0357. The molecule has 5 aromatic rings. The van der Waals surface area contributed by atoms with Crippen molar-refractivity contribution in [1.82, 2.24) is 4.98 Å². The Balaban J connectivity index is 1.40. The molecule has 0 aliphatic heterocycles. The molecule has 0 saturated carbocycles. The van der Waals surface area contributed by atoms with Crippen molar-refractivity contribution in [3.8, 4) is 33.5 Å². The molecule has 0 N–H and O–H groups in total. The normalized spacial score (nSPS) is 11.6. The molecule has 33 heavy (non-hydrogen) atoms. The van der Waals surface area contributed by atoms with Gasteiger partial charge in [-0.15, -0.1) is 0 Å². The number of hydrogen-bond acceptors (Lipinski definition) is 1. The lowest BCUT2D eigenvalue weighted by atomic mass is 9.98. The van der Waals surface area contributed by atoms with E-state index in [-0.39, 0.29) is 5.82 Å². The highest BCUT2D eigenvalue weighted by Gasteiger charge is 2.30. The zero-order chi connectivity index (χ0) is 23.0. The molecule has 0 unspecified atom stereocenters. The molecule has 1 heterocycles. The Morgan fingerprint density at radius 1 is 0.515 bits per heavy atom. The highest BCUT2D eigenvalue weighted by molar-refractivity contribution is 5.90. The molecule has 0 bridgehead atoms. The van der Waals surface area contributed by atoms with Gasteiger partial charge in [-0.25, -0.2) is 4.39 Å². The van der Waals surface area contributed by atoms with Crippen LogP contribution in [0.15, 0.2) is 103 Å². The minimum atomic E-state index is -4.36. The summed E-state index contributed by atoms with van der Waals surface area (Å²) < 4.78 is 51.5. The van der Waals surface area contributed by atoms with E-state index in [4.69, 9.17) is 0 Å². The summed E-state index contributed by atoms with van der Waals surface area (Å²) in [5, 5.41) is 2.13. The molecule has 0 aliphatic rings. The minimum Gasteiger partial charge on any atom is -0.256 e. The average Bonchev–Trinajstić information content (AvgIpc) is 2.83. The summed E-state index contributed by atoms with van der Waals surface area (Å²) in [5.41, 5.74) is 4.42. The second-order valence-corrected chi connectivity index (χ2v) is 7.79. The Labute approximate surface area is 188 Å². The summed E-state index contributed by atoms with van der Waals surface area (Å²) in [4.78, 5) is 4.45. The van der Waals surface area contributed by atoms with Gasteiger partial charge in [0.25, 0.3) is 0 Å². The molecule has 0 aliphatic carbocycles. The van der Waals surface area contributed by atoms with E-state index in [2.05, 4.69) is 17.1 Å². The molecule has 1 nitrogen and oxygen atoms in total. The number of nitrogens with zero attached hydrogens (tertiary/aromatic N) is 1. The minimum absolute atomic E-state index is 0.262. The molecule has 0 amide bonds. The molecule has 4 aromatic carbocycles. The van der Waals surface area contributed by atoms with Crippen LogP contribution in [0.5, 0.6) is 0 Å². The first-order valence-electron chi connectivity index (χ1n) is 10.3. The van der Waals surface area contributed by atoms with Crippen LogP contribution in [0.2, 0.25) is 0 Å². The van der Waals surface area contributed by atoms with Crippen LogP contribution in [0, 0.1) is 5.82 Å². The molecule has 0 spiro atoms. The predicted octanol–water partition coefficient (Wildman–Crippen LogP) is 8.39. The van der Waals surface area contributed by atoms with Gasteiger partial charge in [0.05, 0.1) is 11.3 Å². The Bertz CT molecular complexity index is 1420. The number of benzene rings is 4. The number of alkyl halides is 3.